The van der Waals surface area contributed by atoms with Crippen LogP contribution in [0, 0.1) is 0 Å². The number of nitrogens with one attached hydrogen (secondary N) is 1. The van der Waals surface area contributed by atoms with Crippen molar-refractivity contribution >= 4 is 44.4 Å². The maximum atomic E-state index is 13.6. The van der Waals surface area contributed by atoms with Gasteiger partial charge in [0.2, 0.25) is 0 Å². The van der Waals surface area contributed by atoms with Crippen molar-refractivity contribution in [2.75, 3.05) is 24.9 Å². The minimum absolute atomic E-state index is 0.0771. The van der Waals surface area contributed by atoms with Crippen molar-refractivity contribution in [2.24, 2.45) is 0 Å². The molecule has 0 bridgehead atoms. The predicted octanol–water partition coefficient (Wildman–Crippen LogP) is 6.17. The number of sulfonamides is 1. The summed E-state index contributed by atoms with van der Waals surface area (Å²) in [6, 6.07) is 10.8. The number of alkyl halides is 3. The Balaban J connectivity index is 1.66. The summed E-state index contributed by atoms with van der Waals surface area (Å²) in [4.78, 5) is 13.5. The topological polar surface area (TPSA) is 75.7 Å². The molecule has 3 aromatic rings. The Morgan fingerprint density at radius 3 is 2.44 bits per heavy atom. The van der Waals surface area contributed by atoms with Crippen LogP contribution in [-0.4, -0.2) is 45.3 Å². The third kappa shape index (κ3) is 5.86. The van der Waals surface area contributed by atoms with E-state index < -0.39 is 33.6 Å². The molecule has 36 heavy (non-hydrogen) atoms. The monoisotopic (exact) mass is 558 g/mol. The third-order valence-electron chi connectivity index (χ3n) is 5.70. The zero-order valence-corrected chi connectivity index (χ0v) is 21.6. The minimum Gasteiger partial charge on any atom is -0.488 e. The largest absolute Gasteiger partial charge is 0.488 e. The van der Waals surface area contributed by atoms with Crippen LogP contribution in [0.3, 0.4) is 0 Å². The van der Waals surface area contributed by atoms with Crippen LogP contribution in [0.4, 0.5) is 18.9 Å². The summed E-state index contributed by atoms with van der Waals surface area (Å²) in [6.07, 6.45) is -4.55. The number of Topliss-reactive ketones (excluding diaryl/α,β-unsaturated/α-hetero) is 1. The smallest absolute Gasteiger partial charge is 0.419 e. The molecule has 1 aromatic heterocycles. The van der Waals surface area contributed by atoms with Gasteiger partial charge in [0.15, 0.2) is 5.78 Å². The van der Waals surface area contributed by atoms with Gasteiger partial charge in [-0.3, -0.25) is 9.52 Å². The number of likely N-dealkylation sites (N-methyl/N-ethyl adjacent to an activating group) is 1. The van der Waals surface area contributed by atoms with Crippen LogP contribution >= 0.6 is 22.9 Å². The zero-order chi connectivity index (χ0) is 26.3. The maximum Gasteiger partial charge on any atom is 0.419 e. The van der Waals surface area contributed by atoms with Gasteiger partial charge < -0.3 is 9.64 Å². The second-order valence-electron chi connectivity index (χ2n) is 8.49. The van der Waals surface area contributed by atoms with E-state index in [9.17, 15) is 26.4 Å². The molecule has 12 heteroatoms. The maximum absolute atomic E-state index is 13.6. The van der Waals surface area contributed by atoms with Crippen molar-refractivity contribution in [1.82, 2.24) is 4.90 Å². The molecular formula is C24H22ClF3N2O4S2. The first-order chi connectivity index (χ1) is 16.8. The van der Waals surface area contributed by atoms with Crippen LogP contribution in [0.15, 0.2) is 52.7 Å². The molecular weight excluding hydrogens is 537 g/mol. The molecule has 2 heterocycles. The molecule has 1 fully saturated rings. The molecule has 0 radical (unpaired) electrons. The first-order valence-corrected chi connectivity index (χ1v) is 13.5. The van der Waals surface area contributed by atoms with Crippen molar-refractivity contribution in [3.05, 3.63) is 64.0 Å². The van der Waals surface area contributed by atoms with Gasteiger partial charge in [-0.15, -0.1) is 11.3 Å². The SMILES string of the molecule is CC(=O)c1ccc(-c2cc(Cl)sc2S(=O)(=O)Nc2ccc(C(F)(F)F)c(O[C@@H]3CCN(C)C3)c2)cc1. The fourth-order valence-electron chi connectivity index (χ4n) is 3.92. The lowest BCUT2D eigenvalue weighted by Gasteiger charge is -2.19. The number of rotatable bonds is 7. The van der Waals surface area contributed by atoms with Gasteiger partial charge in [0, 0.05) is 30.3 Å². The molecule has 1 N–H and O–H groups in total. The van der Waals surface area contributed by atoms with E-state index >= 15 is 0 Å². The van der Waals surface area contributed by atoms with Gasteiger partial charge in [-0.2, -0.15) is 13.2 Å². The molecule has 1 aliphatic rings. The van der Waals surface area contributed by atoms with Crippen molar-refractivity contribution < 1.29 is 31.1 Å². The quantitative estimate of drug-likeness (QED) is 0.351. The number of anilines is 1. The lowest BCUT2D eigenvalue weighted by atomic mass is 10.1. The predicted molar refractivity (Wildman–Crippen MR) is 134 cm³/mol. The first kappa shape index (κ1) is 26.5. The van der Waals surface area contributed by atoms with Crippen molar-refractivity contribution in [1.29, 1.82) is 0 Å². The lowest BCUT2D eigenvalue weighted by molar-refractivity contribution is -0.139. The van der Waals surface area contributed by atoms with Gasteiger partial charge >= 0.3 is 6.18 Å². The number of likely N-dealkylation sites (tertiary alicyclic amines) is 1. The van der Waals surface area contributed by atoms with E-state index in [4.69, 9.17) is 16.3 Å². The molecule has 0 aliphatic carbocycles. The molecule has 1 aliphatic heterocycles. The number of nitrogens with zero attached hydrogens (tertiary/aromatic N) is 1. The summed E-state index contributed by atoms with van der Waals surface area (Å²) >= 11 is 6.95. The summed E-state index contributed by atoms with van der Waals surface area (Å²) in [7, 11) is -2.38. The van der Waals surface area contributed by atoms with Crippen LogP contribution in [0.5, 0.6) is 5.75 Å². The minimum atomic E-state index is -4.67. The molecule has 0 saturated carbocycles. The second kappa shape index (κ2) is 10.0. The Labute approximate surface area is 215 Å². The van der Waals surface area contributed by atoms with E-state index in [1.165, 1.54) is 13.0 Å². The average Bonchev–Trinajstić information content (AvgIpc) is 3.38. The number of ether oxygens (including phenoxy) is 1. The Morgan fingerprint density at radius 2 is 1.86 bits per heavy atom. The Hall–Kier alpha value is -2.60. The number of benzene rings is 2. The van der Waals surface area contributed by atoms with Gasteiger partial charge in [0.1, 0.15) is 16.1 Å². The average molecular weight is 559 g/mol. The molecule has 0 unspecified atom stereocenters. The number of hydrogen-bond donors (Lipinski definition) is 1. The summed E-state index contributed by atoms with van der Waals surface area (Å²) in [6.45, 7) is 2.57. The first-order valence-electron chi connectivity index (χ1n) is 10.8. The fraction of sp³-hybridized carbons (Fsp3) is 0.292. The molecule has 6 nitrogen and oxygen atoms in total. The number of hydrogen-bond acceptors (Lipinski definition) is 6. The van der Waals surface area contributed by atoms with Gasteiger partial charge in [-0.1, -0.05) is 35.9 Å². The Kier molecular flexibility index (Phi) is 7.38. The Bertz CT molecular complexity index is 1390. The van der Waals surface area contributed by atoms with Crippen LogP contribution in [0.1, 0.15) is 29.3 Å². The number of carbonyl (C=O) groups is 1. The molecule has 4 rings (SSSR count). The summed E-state index contributed by atoms with van der Waals surface area (Å²) < 4.78 is 75.4. The number of carbonyl (C=O) groups excluding carboxylic acids is 1. The molecule has 192 valence electrons. The number of ketones is 1. The highest BCUT2D eigenvalue weighted by Gasteiger charge is 2.36. The number of halogens is 4. The van der Waals surface area contributed by atoms with E-state index in [2.05, 4.69) is 4.72 Å². The second-order valence-corrected chi connectivity index (χ2v) is 12.1. The van der Waals surface area contributed by atoms with E-state index in [0.717, 1.165) is 29.5 Å². The van der Waals surface area contributed by atoms with Crippen LogP contribution in [0.2, 0.25) is 4.34 Å². The van der Waals surface area contributed by atoms with Crippen LogP contribution in [0.25, 0.3) is 11.1 Å². The molecule has 2 aromatic carbocycles. The lowest BCUT2D eigenvalue weighted by Crippen LogP contribution is -2.23. The van der Waals surface area contributed by atoms with Gasteiger partial charge in [0.25, 0.3) is 10.0 Å². The van der Waals surface area contributed by atoms with Crippen LogP contribution < -0.4 is 9.46 Å². The summed E-state index contributed by atoms with van der Waals surface area (Å²) in [5.41, 5.74) is 0.237. The van der Waals surface area contributed by atoms with E-state index in [1.807, 2.05) is 11.9 Å². The Morgan fingerprint density at radius 1 is 1.17 bits per heavy atom. The summed E-state index contributed by atoms with van der Waals surface area (Å²) in [5, 5.41) is 0. The summed E-state index contributed by atoms with van der Waals surface area (Å²) in [5.74, 6) is -0.573. The highest BCUT2D eigenvalue weighted by atomic mass is 35.5. The zero-order valence-electron chi connectivity index (χ0n) is 19.2. The number of thiophene rings is 1. The van der Waals surface area contributed by atoms with Crippen LogP contribution in [-0.2, 0) is 16.2 Å². The van der Waals surface area contributed by atoms with Gasteiger partial charge in [0.05, 0.1) is 15.6 Å². The third-order valence-corrected chi connectivity index (χ3v) is 8.87. The molecule has 1 atom stereocenters. The normalized spacial score (nSPS) is 16.8. The van der Waals surface area contributed by atoms with E-state index in [-0.39, 0.29) is 20.0 Å². The highest BCUT2D eigenvalue weighted by Crippen LogP contribution is 2.41. The van der Waals surface area contributed by atoms with E-state index in [1.54, 1.807) is 24.3 Å². The van der Waals surface area contributed by atoms with E-state index in [0.29, 0.717) is 36.2 Å². The molecule has 0 spiro atoms. The highest BCUT2D eigenvalue weighted by molar-refractivity contribution is 7.94. The van der Waals surface area contributed by atoms with Gasteiger partial charge in [-0.25, -0.2) is 8.42 Å². The molecule has 0 amide bonds. The fourth-order valence-corrected chi connectivity index (χ4v) is 6.87. The van der Waals surface area contributed by atoms with Crippen molar-refractivity contribution in [3.8, 4) is 16.9 Å². The molecule has 1 saturated heterocycles. The van der Waals surface area contributed by atoms with Gasteiger partial charge in [-0.05, 0) is 44.2 Å². The van der Waals surface area contributed by atoms with Crippen molar-refractivity contribution in [2.45, 2.75) is 29.8 Å². The van der Waals surface area contributed by atoms with Crippen molar-refractivity contribution in [3.63, 3.8) is 0 Å². The standard InChI is InChI=1S/C24H22ClF3N2O4S2/c1-14(31)15-3-5-16(6-4-15)19-12-22(25)35-23(19)36(32,33)29-17-7-8-20(24(26,27)28)21(11-17)34-18-9-10-30(2)13-18/h3-8,11-12,18,29H,9-10,13H2,1-2H3/t18-/m1/s1.